The van der Waals surface area contributed by atoms with Crippen molar-refractivity contribution in [2.75, 3.05) is 37.3 Å². The van der Waals surface area contributed by atoms with Crippen molar-refractivity contribution in [3.05, 3.63) is 72.4 Å². The van der Waals surface area contributed by atoms with Gasteiger partial charge in [0.15, 0.2) is 0 Å². The highest BCUT2D eigenvalue weighted by molar-refractivity contribution is 6.04. The number of likely N-dealkylation sites (tertiary alicyclic amines) is 1. The van der Waals surface area contributed by atoms with E-state index >= 15 is 0 Å². The predicted octanol–water partition coefficient (Wildman–Crippen LogP) is 4.00. The van der Waals surface area contributed by atoms with Gasteiger partial charge in [0.25, 0.3) is 5.91 Å². The Kier molecular flexibility index (Phi) is 7.17. The summed E-state index contributed by atoms with van der Waals surface area (Å²) < 4.78 is 7.27. The molecule has 206 valence electrons. The highest BCUT2D eigenvalue weighted by atomic mass is 16.5. The minimum absolute atomic E-state index is 0.0408. The largest absolute Gasteiger partial charge is 0.466 e. The lowest BCUT2D eigenvalue weighted by Crippen LogP contribution is -2.36. The molecule has 3 N–H and O–H groups in total. The number of ether oxygens (including phenoxy) is 1. The van der Waals surface area contributed by atoms with Gasteiger partial charge in [-0.15, -0.1) is 0 Å². The molecule has 1 saturated heterocycles. The second-order valence-corrected chi connectivity index (χ2v) is 10.5. The summed E-state index contributed by atoms with van der Waals surface area (Å²) in [6.45, 7) is 5.08. The Morgan fingerprint density at radius 1 is 1.12 bits per heavy atom. The van der Waals surface area contributed by atoms with Crippen LogP contribution in [0.2, 0.25) is 0 Å². The van der Waals surface area contributed by atoms with Gasteiger partial charge in [0.1, 0.15) is 28.7 Å². The molecule has 1 aliphatic carbocycles. The smallest absolute Gasteiger partial charge is 0.309 e. The number of carbonyl (C=O) groups is 2. The van der Waals surface area contributed by atoms with E-state index in [2.05, 4.69) is 24.6 Å². The molecular weight excluding hydrogens is 506 g/mol. The molecule has 4 aromatic rings. The number of nitrogens with zero attached hydrogens (tertiary/aromatic N) is 5. The number of amides is 1. The van der Waals surface area contributed by atoms with Gasteiger partial charge >= 0.3 is 5.97 Å². The second kappa shape index (κ2) is 11.1. The normalized spacial score (nSPS) is 20.8. The molecule has 6 rings (SSSR count). The lowest BCUT2D eigenvalue weighted by atomic mass is 9.97. The monoisotopic (exact) mass is 539 g/mol. The van der Waals surface area contributed by atoms with Crippen molar-refractivity contribution in [1.29, 1.82) is 0 Å². The van der Waals surface area contributed by atoms with E-state index in [1.165, 1.54) is 0 Å². The third-order valence-electron chi connectivity index (χ3n) is 7.81. The number of imidazole rings is 1. The fourth-order valence-electron chi connectivity index (χ4n) is 5.73. The van der Waals surface area contributed by atoms with E-state index in [1.807, 2.05) is 31.3 Å². The Hall–Kier alpha value is -4.31. The number of nitrogen functional groups attached to an aromatic ring is 1. The number of fused-ring (bicyclic) bond motifs is 1. The van der Waals surface area contributed by atoms with Gasteiger partial charge in [-0.2, -0.15) is 0 Å². The summed E-state index contributed by atoms with van der Waals surface area (Å²) in [4.78, 5) is 40.9. The number of piperidine rings is 1. The van der Waals surface area contributed by atoms with Gasteiger partial charge in [-0.25, -0.2) is 15.0 Å². The Bertz CT molecular complexity index is 1520. The van der Waals surface area contributed by atoms with E-state index in [0.29, 0.717) is 29.7 Å². The van der Waals surface area contributed by atoms with Crippen LogP contribution >= 0.6 is 0 Å². The highest BCUT2D eigenvalue weighted by Crippen LogP contribution is 2.41. The summed E-state index contributed by atoms with van der Waals surface area (Å²) in [7, 11) is 0. The Labute approximate surface area is 232 Å². The van der Waals surface area contributed by atoms with E-state index in [1.54, 1.807) is 36.7 Å². The molecule has 40 heavy (non-hydrogen) atoms. The first-order valence-electron chi connectivity index (χ1n) is 13.9. The lowest BCUT2D eigenvalue weighted by Gasteiger charge is -2.32. The first kappa shape index (κ1) is 25.9. The van der Waals surface area contributed by atoms with Gasteiger partial charge in [0.2, 0.25) is 0 Å². The number of pyridine rings is 1. The molecule has 10 nitrogen and oxygen atoms in total. The molecule has 0 bridgehead atoms. The molecule has 2 aliphatic rings. The summed E-state index contributed by atoms with van der Waals surface area (Å²) in [5.74, 6) is 2.21. The number of anilines is 2. The van der Waals surface area contributed by atoms with Gasteiger partial charge < -0.3 is 20.7 Å². The van der Waals surface area contributed by atoms with Crippen LogP contribution in [0, 0.1) is 11.8 Å². The van der Waals surface area contributed by atoms with Crippen molar-refractivity contribution in [3.8, 4) is 11.3 Å². The predicted molar refractivity (Wildman–Crippen MR) is 152 cm³/mol. The molecular formula is C30H33N7O3. The van der Waals surface area contributed by atoms with Crippen molar-refractivity contribution >= 4 is 29.0 Å². The van der Waals surface area contributed by atoms with Crippen LogP contribution < -0.4 is 11.1 Å². The van der Waals surface area contributed by atoms with Crippen molar-refractivity contribution in [2.24, 2.45) is 11.8 Å². The molecule has 2 fully saturated rings. The fourth-order valence-corrected chi connectivity index (χ4v) is 5.73. The van der Waals surface area contributed by atoms with E-state index in [9.17, 15) is 9.59 Å². The van der Waals surface area contributed by atoms with Crippen LogP contribution in [-0.2, 0) is 9.53 Å². The van der Waals surface area contributed by atoms with Gasteiger partial charge in [-0.3, -0.25) is 14.0 Å². The van der Waals surface area contributed by atoms with Crippen LogP contribution in [0.15, 0.2) is 61.1 Å². The maximum atomic E-state index is 12.7. The average molecular weight is 540 g/mol. The van der Waals surface area contributed by atoms with Crippen molar-refractivity contribution in [3.63, 3.8) is 0 Å². The van der Waals surface area contributed by atoms with Gasteiger partial charge in [0, 0.05) is 48.7 Å². The molecule has 1 aromatic carbocycles. The second-order valence-electron chi connectivity index (χ2n) is 10.5. The zero-order valence-corrected chi connectivity index (χ0v) is 22.5. The number of nitrogens with one attached hydrogen (secondary N) is 1. The molecule has 4 heterocycles. The van der Waals surface area contributed by atoms with E-state index in [4.69, 9.17) is 15.5 Å². The molecule has 1 amide bonds. The summed E-state index contributed by atoms with van der Waals surface area (Å²) in [6.07, 6.45) is 8.26. The quantitative estimate of drug-likeness (QED) is 0.322. The number of carbonyl (C=O) groups excluding carboxylic acids is 2. The van der Waals surface area contributed by atoms with Crippen LogP contribution in [0.3, 0.4) is 0 Å². The number of hydrogen-bond donors (Lipinski definition) is 2. The molecule has 3 aromatic heterocycles. The maximum absolute atomic E-state index is 12.7. The van der Waals surface area contributed by atoms with Gasteiger partial charge in [0.05, 0.1) is 12.5 Å². The number of rotatable bonds is 8. The van der Waals surface area contributed by atoms with Crippen LogP contribution in [0.4, 0.5) is 11.6 Å². The summed E-state index contributed by atoms with van der Waals surface area (Å²) in [5, 5.41) is 2.81. The minimum Gasteiger partial charge on any atom is -0.466 e. The number of esters is 1. The Balaban J connectivity index is 1.22. The highest BCUT2D eigenvalue weighted by Gasteiger charge is 2.45. The van der Waals surface area contributed by atoms with E-state index < -0.39 is 0 Å². The van der Waals surface area contributed by atoms with Crippen LogP contribution in [0.25, 0.3) is 16.8 Å². The van der Waals surface area contributed by atoms with E-state index in [-0.39, 0.29) is 23.7 Å². The molecule has 0 spiro atoms. The fraction of sp³-hybridized carbons (Fsp3) is 0.367. The molecule has 3 atom stereocenters. The topological polar surface area (TPSA) is 128 Å². The molecule has 0 radical (unpaired) electrons. The minimum atomic E-state index is -0.232. The summed E-state index contributed by atoms with van der Waals surface area (Å²) in [6, 6.07) is 12.7. The molecule has 10 heteroatoms. The lowest BCUT2D eigenvalue weighted by molar-refractivity contribution is -0.145. The van der Waals surface area contributed by atoms with Crippen LogP contribution in [0.1, 0.15) is 48.3 Å². The molecule has 3 unspecified atom stereocenters. The van der Waals surface area contributed by atoms with Crippen molar-refractivity contribution in [1.82, 2.24) is 24.3 Å². The third-order valence-corrected chi connectivity index (χ3v) is 7.81. The number of benzene rings is 1. The Morgan fingerprint density at radius 2 is 1.98 bits per heavy atom. The van der Waals surface area contributed by atoms with Crippen LogP contribution in [-0.4, -0.2) is 62.4 Å². The van der Waals surface area contributed by atoms with Crippen molar-refractivity contribution in [2.45, 2.75) is 32.1 Å². The average Bonchev–Trinajstić information content (AvgIpc) is 3.63. The van der Waals surface area contributed by atoms with Crippen LogP contribution in [0.5, 0.6) is 0 Å². The number of nitrogens with two attached hydrogens (primary N) is 1. The zero-order valence-electron chi connectivity index (χ0n) is 22.5. The standard InChI is InChI=1S/C30H33N7O3/c1-2-40-30(39)23-16-22(23)18-36-14-5-6-21(17-36)28-35-25(26-27(31)33-13-15-37(26)28)19-8-10-20(11-9-19)29(38)34-24-7-3-4-12-32-24/h3-4,7-13,15,21-23H,2,5-6,14,16-18H2,1H3,(H2,31,33)(H,32,34,38). The number of aromatic nitrogens is 4. The molecule has 1 aliphatic heterocycles. The first-order chi connectivity index (χ1) is 19.5. The maximum Gasteiger partial charge on any atom is 0.309 e. The Morgan fingerprint density at radius 3 is 2.75 bits per heavy atom. The first-order valence-corrected chi connectivity index (χ1v) is 13.9. The van der Waals surface area contributed by atoms with Crippen molar-refractivity contribution < 1.29 is 14.3 Å². The zero-order chi connectivity index (χ0) is 27.6. The number of hydrogen-bond acceptors (Lipinski definition) is 8. The van der Waals surface area contributed by atoms with Gasteiger partial charge in [-0.05, 0) is 62.9 Å². The van der Waals surface area contributed by atoms with E-state index in [0.717, 1.165) is 61.5 Å². The summed E-state index contributed by atoms with van der Waals surface area (Å²) in [5.41, 5.74) is 9.27. The summed E-state index contributed by atoms with van der Waals surface area (Å²) >= 11 is 0. The SMILES string of the molecule is CCOC(=O)C1CC1CN1CCCC(c2nc(-c3ccc(C(=O)Nc4ccccn4)cc3)c3c(N)nccn23)C1. The third kappa shape index (κ3) is 5.27. The molecule has 1 saturated carbocycles. The van der Waals surface area contributed by atoms with Gasteiger partial charge in [-0.1, -0.05) is 18.2 Å².